The summed E-state index contributed by atoms with van der Waals surface area (Å²) in [5, 5.41) is 11.0. The van der Waals surface area contributed by atoms with Crippen molar-refractivity contribution in [2.45, 2.75) is 19.4 Å². The molecule has 2 rings (SSSR count). The molecule has 1 atom stereocenters. The molecule has 0 radical (unpaired) electrons. The van der Waals surface area contributed by atoms with Crippen molar-refractivity contribution in [1.82, 2.24) is 0 Å². The highest BCUT2D eigenvalue weighted by Crippen LogP contribution is 2.29. The van der Waals surface area contributed by atoms with Gasteiger partial charge in [0.2, 0.25) is 0 Å². The van der Waals surface area contributed by atoms with Crippen LogP contribution >= 0.6 is 0 Å². The molecule has 1 unspecified atom stereocenters. The number of aromatic carboxylic acids is 1. The summed E-state index contributed by atoms with van der Waals surface area (Å²) >= 11 is 0. The average molecular weight is 259 g/mol. The number of benzene rings is 2. The highest BCUT2D eigenvalue weighted by atomic mass is 16.5. The maximum atomic E-state index is 11.5. The summed E-state index contributed by atoms with van der Waals surface area (Å²) in [6, 6.07) is 10.9. The second-order valence-electron chi connectivity index (χ2n) is 4.35. The maximum absolute atomic E-state index is 11.5. The average Bonchev–Trinajstić information content (AvgIpc) is 2.43. The van der Waals surface area contributed by atoms with E-state index >= 15 is 0 Å². The van der Waals surface area contributed by atoms with Crippen molar-refractivity contribution in [3.8, 4) is 5.75 Å². The third-order valence-corrected chi connectivity index (χ3v) is 3.12. The zero-order valence-corrected chi connectivity index (χ0v) is 10.8. The first kappa shape index (κ1) is 13.4. The largest absolute Gasteiger partial charge is 0.488 e. The lowest BCUT2D eigenvalue weighted by atomic mass is 10.0. The molecule has 0 aliphatic carbocycles. The van der Waals surface area contributed by atoms with Crippen molar-refractivity contribution < 1.29 is 14.6 Å². The van der Waals surface area contributed by atoms with E-state index in [4.69, 9.17) is 10.5 Å². The van der Waals surface area contributed by atoms with Crippen molar-refractivity contribution in [3.63, 3.8) is 0 Å². The van der Waals surface area contributed by atoms with Crippen LogP contribution in [-0.2, 0) is 0 Å². The lowest BCUT2D eigenvalue weighted by Gasteiger charge is -2.18. The van der Waals surface area contributed by atoms with Crippen LogP contribution in [0.5, 0.6) is 5.75 Å². The predicted molar refractivity (Wildman–Crippen MR) is 74.7 cm³/mol. The Morgan fingerprint density at radius 3 is 2.68 bits per heavy atom. The van der Waals surface area contributed by atoms with E-state index in [9.17, 15) is 9.90 Å². The fraction of sp³-hybridized carbons (Fsp3) is 0.267. The van der Waals surface area contributed by atoms with E-state index in [1.807, 2.05) is 31.2 Å². The zero-order valence-electron chi connectivity index (χ0n) is 10.8. The van der Waals surface area contributed by atoms with Crippen molar-refractivity contribution in [2.75, 3.05) is 6.54 Å². The summed E-state index contributed by atoms with van der Waals surface area (Å²) in [5.74, 6) is -0.609. The summed E-state index contributed by atoms with van der Waals surface area (Å²) in [6.45, 7) is 2.32. The monoisotopic (exact) mass is 259 g/mol. The lowest BCUT2D eigenvalue weighted by molar-refractivity contribution is 0.0691. The Morgan fingerprint density at radius 2 is 2.05 bits per heavy atom. The van der Waals surface area contributed by atoms with Crippen LogP contribution in [0, 0.1) is 0 Å². The first-order valence-electron chi connectivity index (χ1n) is 6.29. The third-order valence-electron chi connectivity index (χ3n) is 3.12. The van der Waals surface area contributed by atoms with Crippen LogP contribution in [0.4, 0.5) is 0 Å². The van der Waals surface area contributed by atoms with Crippen molar-refractivity contribution >= 4 is 16.7 Å². The number of hydrogen-bond donors (Lipinski definition) is 2. The van der Waals surface area contributed by atoms with E-state index in [-0.39, 0.29) is 11.7 Å². The highest BCUT2D eigenvalue weighted by molar-refractivity contribution is 6.06. The van der Waals surface area contributed by atoms with Crippen molar-refractivity contribution in [1.29, 1.82) is 0 Å². The van der Waals surface area contributed by atoms with Gasteiger partial charge in [0, 0.05) is 6.54 Å². The number of carboxylic acid groups (broad SMARTS) is 1. The van der Waals surface area contributed by atoms with Crippen molar-refractivity contribution in [2.24, 2.45) is 5.73 Å². The van der Waals surface area contributed by atoms with Gasteiger partial charge in [-0.2, -0.15) is 0 Å². The van der Waals surface area contributed by atoms with Gasteiger partial charge in [0.05, 0.1) is 0 Å². The van der Waals surface area contributed by atoms with E-state index < -0.39 is 5.97 Å². The number of nitrogens with two attached hydrogens (primary N) is 1. The Kier molecular flexibility index (Phi) is 4.02. The zero-order chi connectivity index (χ0) is 13.8. The van der Waals surface area contributed by atoms with Crippen LogP contribution in [0.25, 0.3) is 10.8 Å². The molecular weight excluding hydrogens is 242 g/mol. The third kappa shape index (κ3) is 2.69. The molecule has 0 saturated carbocycles. The molecule has 0 aliphatic heterocycles. The fourth-order valence-electron chi connectivity index (χ4n) is 2.05. The van der Waals surface area contributed by atoms with E-state index in [0.29, 0.717) is 17.7 Å². The van der Waals surface area contributed by atoms with E-state index in [1.165, 1.54) is 0 Å². The van der Waals surface area contributed by atoms with Gasteiger partial charge in [-0.1, -0.05) is 37.3 Å². The standard InChI is InChI=1S/C15H17NO3/c1-2-11(9-16)19-13-8-7-10-5-3-4-6-12(10)14(13)15(17)18/h3-8,11H,2,9,16H2,1H3,(H,17,18). The van der Waals surface area contributed by atoms with Gasteiger partial charge in [0.25, 0.3) is 0 Å². The van der Waals surface area contributed by atoms with Gasteiger partial charge in [0.15, 0.2) is 0 Å². The fourth-order valence-corrected chi connectivity index (χ4v) is 2.05. The normalized spacial score (nSPS) is 12.3. The molecule has 2 aromatic rings. The van der Waals surface area contributed by atoms with Crippen LogP contribution in [0.1, 0.15) is 23.7 Å². The molecule has 0 heterocycles. The van der Waals surface area contributed by atoms with E-state index in [0.717, 1.165) is 11.8 Å². The Morgan fingerprint density at radius 1 is 1.32 bits per heavy atom. The number of rotatable bonds is 5. The molecular formula is C15H17NO3. The molecule has 0 bridgehead atoms. The van der Waals surface area contributed by atoms with Gasteiger partial charge in [-0.25, -0.2) is 4.79 Å². The lowest BCUT2D eigenvalue weighted by Crippen LogP contribution is -2.26. The quantitative estimate of drug-likeness (QED) is 0.865. The van der Waals surface area contributed by atoms with Crippen LogP contribution < -0.4 is 10.5 Å². The number of carboxylic acids is 1. The second kappa shape index (κ2) is 5.71. The number of fused-ring (bicyclic) bond motifs is 1. The number of hydrogen-bond acceptors (Lipinski definition) is 3. The summed E-state index contributed by atoms with van der Waals surface area (Å²) < 4.78 is 5.71. The van der Waals surface area contributed by atoms with Gasteiger partial charge >= 0.3 is 5.97 Å². The van der Waals surface area contributed by atoms with Gasteiger partial charge < -0.3 is 15.6 Å². The van der Waals surface area contributed by atoms with Crippen LogP contribution in [0.15, 0.2) is 36.4 Å². The van der Waals surface area contributed by atoms with Gasteiger partial charge in [-0.15, -0.1) is 0 Å². The van der Waals surface area contributed by atoms with E-state index in [2.05, 4.69) is 0 Å². The molecule has 0 aliphatic rings. The SMILES string of the molecule is CCC(CN)Oc1ccc2ccccc2c1C(=O)O. The summed E-state index contributed by atoms with van der Waals surface area (Å²) in [5.41, 5.74) is 5.80. The van der Waals surface area contributed by atoms with Gasteiger partial charge in [-0.3, -0.25) is 0 Å². The number of carbonyl (C=O) groups is 1. The Labute approximate surface area is 111 Å². The molecule has 0 amide bonds. The molecule has 4 nitrogen and oxygen atoms in total. The Bertz CT molecular complexity index is 591. The van der Waals surface area contributed by atoms with Gasteiger partial charge in [0.1, 0.15) is 17.4 Å². The first-order valence-corrected chi connectivity index (χ1v) is 6.29. The molecule has 2 aromatic carbocycles. The molecule has 100 valence electrons. The smallest absolute Gasteiger partial charge is 0.340 e. The van der Waals surface area contributed by atoms with Crippen LogP contribution in [-0.4, -0.2) is 23.7 Å². The minimum Gasteiger partial charge on any atom is -0.488 e. The highest BCUT2D eigenvalue weighted by Gasteiger charge is 2.17. The Hall–Kier alpha value is -2.07. The van der Waals surface area contributed by atoms with E-state index in [1.54, 1.807) is 12.1 Å². The molecule has 0 spiro atoms. The summed E-state index contributed by atoms with van der Waals surface area (Å²) in [7, 11) is 0. The second-order valence-corrected chi connectivity index (χ2v) is 4.35. The molecule has 19 heavy (non-hydrogen) atoms. The maximum Gasteiger partial charge on any atom is 0.340 e. The minimum atomic E-state index is -0.987. The predicted octanol–water partition coefficient (Wildman–Crippen LogP) is 2.65. The summed E-state index contributed by atoms with van der Waals surface area (Å²) in [4.78, 5) is 11.5. The Balaban J connectivity index is 2.54. The molecule has 4 heteroatoms. The molecule has 0 fully saturated rings. The minimum absolute atomic E-state index is 0.167. The topological polar surface area (TPSA) is 72.5 Å². The van der Waals surface area contributed by atoms with Gasteiger partial charge in [-0.05, 0) is 23.3 Å². The molecule has 0 saturated heterocycles. The van der Waals surface area contributed by atoms with Crippen LogP contribution in [0.2, 0.25) is 0 Å². The first-order chi connectivity index (χ1) is 9.17. The van der Waals surface area contributed by atoms with Crippen LogP contribution in [0.3, 0.4) is 0 Å². The number of ether oxygens (including phenoxy) is 1. The summed E-state index contributed by atoms with van der Waals surface area (Å²) in [6.07, 6.45) is 0.571. The molecule has 0 aromatic heterocycles. The van der Waals surface area contributed by atoms with Crippen molar-refractivity contribution in [3.05, 3.63) is 42.0 Å². The molecule has 3 N–H and O–H groups in total.